The van der Waals surface area contributed by atoms with E-state index in [0.717, 1.165) is 23.2 Å². The maximum absolute atomic E-state index is 13.4. The Balaban J connectivity index is 1.20. The predicted octanol–water partition coefficient (Wildman–Crippen LogP) is 6.74. The fourth-order valence-electron chi connectivity index (χ4n) is 5.52. The number of urea groups is 1. The van der Waals surface area contributed by atoms with Gasteiger partial charge in [-0.1, -0.05) is 64.8 Å². The summed E-state index contributed by atoms with van der Waals surface area (Å²) < 4.78 is 10.7. The van der Waals surface area contributed by atoms with Gasteiger partial charge >= 0.3 is 12.0 Å². The number of esters is 1. The molecule has 0 spiro atoms. The molecule has 250 valence electrons. The van der Waals surface area contributed by atoms with Crippen molar-refractivity contribution in [2.75, 3.05) is 23.8 Å². The van der Waals surface area contributed by atoms with Gasteiger partial charge in [-0.05, 0) is 68.1 Å². The zero-order valence-corrected chi connectivity index (χ0v) is 27.9. The van der Waals surface area contributed by atoms with Crippen molar-refractivity contribution in [3.05, 3.63) is 111 Å². The van der Waals surface area contributed by atoms with Crippen LogP contribution >= 0.6 is 23.2 Å². The van der Waals surface area contributed by atoms with Gasteiger partial charge < -0.3 is 30.1 Å². The highest BCUT2D eigenvalue weighted by atomic mass is 35.5. The first-order chi connectivity index (χ1) is 23.1. The van der Waals surface area contributed by atoms with Crippen molar-refractivity contribution < 1.29 is 28.4 Å². The number of nitrogens with one attached hydrogen (secondary N) is 3. The van der Waals surface area contributed by atoms with E-state index in [1.54, 1.807) is 48.2 Å². The molecule has 0 radical (unpaired) electrons. The molecule has 0 aliphatic carbocycles. The van der Waals surface area contributed by atoms with Gasteiger partial charge in [-0.25, -0.2) is 9.59 Å². The Morgan fingerprint density at radius 1 is 1.00 bits per heavy atom. The summed E-state index contributed by atoms with van der Waals surface area (Å²) in [6.07, 6.45) is 1.61. The molecule has 2 heterocycles. The SMILES string of the molecule is CCOC(=O)[C@H](Cc1cc([C@@H]2CCCN2C(=O)Cc2ccc(NC(=O)Nc3ccccc3C)cc2)no1)NC(=O)c1c(Cl)cccc1Cl. The van der Waals surface area contributed by atoms with Crippen molar-refractivity contribution in [3.8, 4) is 0 Å². The number of aromatic nitrogens is 1. The van der Waals surface area contributed by atoms with Crippen molar-refractivity contribution >= 4 is 58.4 Å². The molecule has 48 heavy (non-hydrogen) atoms. The number of rotatable bonds is 11. The molecule has 11 nitrogen and oxygen atoms in total. The van der Waals surface area contributed by atoms with E-state index in [-0.39, 0.29) is 53.0 Å². The van der Waals surface area contributed by atoms with E-state index in [0.29, 0.717) is 30.1 Å². The highest BCUT2D eigenvalue weighted by molar-refractivity contribution is 6.39. The summed E-state index contributed by atoms with van der Waals surface area (Å²) in [5.74, 6) is -1.03. The third kappa shape index (κ3) is 8.53. The molecule has 0 unspecified atom stereocenters. The first-order valence-electron chi connectivity index (χ1n) is 15.5. The highest BCUT2D eigenvalue weighted by Gasteiger charge is 2.33. The second-order valence-electron chi connectivity index (χ2n) is 11.3. The van der Waals surface area contributed by atoms with E-state index in [1.807, 2.05) is 31.2 Å². The summed E-state index contributed by atoms with van der Waals surface area (Å²) in [6.45, 7) is 4.25. The van der Waals surface area contributed by atoms with Gasteiger partial charge in [0, 0.05) is 30.4 Å². The predicted molar refractivity (Wildman–Crippen MR) is 182 cm³/mol. The Hall–Kier alpha value is -4.87. The van der Waals surface area contributed by atoms with Crippen LogP contribution in [0.25, 0.3) is 0 Å². The highest BCUT2D eigenvalue weighted by Crippen LogP contribution is 2.32. The number of carbonyl (C=O) groups is 4. The maximum atomic E-state index is 13.4. The number of amides is 4. The van der Waals surface area contributed by atoms with Crippen LogP contribution in [0.5, 0.6) is 0 Å². The minimum absolute atomic E-state index is 0.0380. The maximum Gasteiger partial charge on any atom is 0.329 e. The summed E-state index contributed by atoms with van der Waals surface area (Å²) in [5, 5.41) is 12.8. The normalized spacial score (nSPS) is 14.7. The largest absolute Gasteiger partial charge is 0.464 e. The molecule has 5 rings (SSSR count). The number of nitrogens with zero attached hydrogens (tertiary/aromatic N) is 2. The molecule has 1 fully saturated rings. The minimum atomic E-state index is -1.10. The third-order valence-electron chi connectivity index (χ3n) is 7.92. The number of hydrogen-bond acceptors (Lipinski definition) is 7. The van der Waals surface area contributed by atoms with E-state index in [2.05, 4.69) is 21.1 Å². The molecule has 1 aliphatic heterocycles. The van der Waals surface area contributed by atoms with Crippen LogP contribution in [0.4, 0.5) is 16.2 Å². The van der Waals surface area contributed by atoms with Crippen LogP contribution in [0.1, 0.15) is 58.7 Å². The standard InChI is InChI=1S/C35H35Cl2N5O6/c1-3-47-34(45)29(39-33(44)32-25(36)9-6-10-26(32)37)20-24-19-28(41-48-24)30-12-7-17-42(30)31(43)18-22-13-15-23(16-14-22)38-35(46)40-27-11-5-4-8-21(27)2/h4-6,8-11,13-16,19,29-30H,3,7,12,17-18,20H2,1-2H3,(H,39,44)(H2,38,40,46)/t29-,30-/m0/s1. The van der Waals surface area contributed by atoms with E-state index < -0.39 is 17.9 Å². The molecule has 0 saturated carbocycles. The molecule has 4 amide bonds. The molecule has 2 atom stereocenters. The quantitative estimate of drug-likeness (QED) is 0.148. The van der Waals surface area contributed by atoms with Crippen LogP contribution in [-0.2, 0) is 27.2 Å². The molecular formula is C35H35Cl2N5O6. The van der Waals surface area contributed by atoms with Crippen molar-refractivity contribution in [1.29, 1.82) is 0 Å². The lowest BCUT2D eigenvalue weighted by Crippen LogP contribution is -2.43. The Morgan fingerprint density at radius 2 is 1.73 bits per heavy atom. The number of aryl methyl sites for hydroxylation is 1. The van der Waals surface area contributed by atoms with Crippen LogP contribution in [0.3, 0.4) is 0 Å². The van der Waals surface area contributed by atoms with E-state index in [1.165, 1.54) is 12.1 Å². The molecule has 3 N–H and O–H groups in total. The molecule has 1 saturated heterocycles. The second-order valence-corrected chi connectivity index (χ2v) is 12.1. The summed E-state index contributed by atoms with van der Waals surface area (Å²) in [7, 11) is 0. The van der Waals surface area contributed by atoms with Crippen LogP contribution in [0, 0.1) is 6.92 Å². The second kappa shape index (κ2) is 15.8. The monoisotopic (exact) mass is 691 g/mol. The van der Waals surface area contributed by atoms with Gasteiger partial charge in [-0.2, -0.15) is 0 Å². The first kappa shape index (κ1) is 34.5. The fourth-order valence-corrected chi connectivity index (χ4v) is 6.09. The molecule has 3 aromatic carbocycles. The lowest BCUT2D eigenvalue weighted by atomic mass is 10.1. The van der Waals surface area contributed by atoms with Crippen molar-refractivity contribution in [2.24, 2.45) is 0 Å². The summed E-state index contributed by atoms with van der Waals surface area (Å²) in [4.78, 5) is 53.4. The number of likely N-dealkylation sites (tertiary alicyclic amines) is 1. The number of hydrogen-bond donors (Lipinski definition) is 3. The zero-order valence-electron chi connectivity index (χ0n) is 26.4. The van der Waals surface area contributed by atoms with Gasteiger partial charge in [0.2, 0.25) is 5.91 Å². The van der Waals surface area contributed by atoms with E-state index in [4.69, 9.17) is 32.5 Å². The molecular weight excluding hydrogens is 657 g/mol. The van der Waals surface area contributed by atoms with Gasteiger partial charge in [0.25, 0.3) is 5.91 Å². The summed E-state index contributed by atoms with van der Waals surface area (Å²) in [5.41, 5.74) is 3.66. The van der Waals surface area contributed by atoms with Gasteiger partial charge in [0.1, 0.15) is 17.5 Å². The summed E-state index contributed by atoms with van der Waals surface area (Å²) >= 11 is 12.4. The lowest BCUT2D eigenvalue weighted by Gasteiger charge is -2.23. The Labute approximate surface area is 287 Å². The Kier molecular flexibility index (Phi) is 11.4. The van der Waals surface area contributed by atoms with Crippen molar-refractivity contribution in [2.45, 2.75) is 51.6 Å². The first-order valence-corrected chi connectivity index (χ1v) is 16.3. The third-order valence-corrected chi connectivity index (χ3v) is 8.55. The number of ether oxygens (including phenoxy) is 1. The molecule has 0 bridgehead atoms. The van der Waals surface area contributed by atoms with E-state index in [9.17, 15) is 19.2 Å². The average Bonchev–Trinajstić information content (AvgIpc) is 3.73. The van der Waals surface area contributed by atoms with Gasteiger partial charge in [-0.3, -0.25) is 9.59 Å². The topological polar surface area (TPSA) is 143 Å². The average molecular weight is 693 g/mol. The zero-order chi connectivity index (χ0) is 34.2. The summed E-state index contributed by atoms with van der Waals surface area (Å²) in [6, 6.07) is 19.2. The number of para-hydroxylation sites is 1. The molecule has 13 heteroatoms. The van der Waals surface area contributed by atoms with Gasteiger partial charge in [0.15, 0.2) is 0 Å². The van der Waals surface area contributed by atoms with Crippen LogP contribution in [-0.4, -0.2) is 53.1 Å². The number of benzene rings is 3. The number of carbonyl (C=O) groups excluding carboxylic acids is 4. The van der Waals surface area contributed by atoms with Crippen LogP contribution in [0.15, 0.2) is 77.3 Å². The Morgan fingerprint density at radius 3 is 2.44 bits per heavy atom. The fraction of sp³-hybridized carbons (Fsp3) is 0.286. The molecule has 4 aromatic rings. The molecule has 1 aromatic heterocycles. The van der Waals surface area contributed by atoms with Gasteiger partial charge in [0.05, 0.1) is 34.7 Å². The number of halogens is 2. The van der Waals surface area contributed by atoms with Crippen LogP contribution < -0.4 is 16.0 Å². The van der Waals surface area contributed by atoms with E-state index >= 15 is 0 Å². The van der Waals surface area contributed by atoms with Crippen molar-refractivity contribution in [1.82, 2.24) is 15.4 Å². The number of anilines is 2. The smallest absolute Gasteiger partial charge is 0.329 e. The Bertz CT molecular complexity index is 1770. The van der Waals surface area contributed by atoms with Crippen molar-refractivity contribution in [3.63, 3.8) is 0 Å². The minimum Gasteiger partial charge on any atom is -0.464 e. The lowest BCUT2D eigenvalue weighted by molar-refractivity contribution is -0.145. The van der Waals surface area contributed by atoms with Gasteiger partial charge in [-0.15, -0.1) is 0 Å². The van der Waals surface area contributed by atoms with Crippen LogP contribution in [0.2, 0.25) is 10.0 Å². The molecule has 1 aliphatic rings.